The van der Waals surface area contributed by atoms with Gasteiger partial charge in [0.25, 0.3) is 11.8 Å². The van der Waals surface area contributed by atoms with Crippen LogP contribution in [0.3, 0.4) is 0 Å². The van der Waals surface area contributed by atoms with Crippen LogP contribution in [0.2, 0.25) is 0 Å². The number of rotatable bonds is 2. The highest BCUT2D eigenvalue weighted by molar-refractivity contribution is 6.03. The summed E-state index contributed by atoms with van der Waals surface area (Å²) < 4.78 is 0. The quantitative estimate of drug-likeness (QED) is 0.688. The van der Waals surface area contributed by atoms with Crippen molar-refractivity contribution in [1.82, 2.24) is 5.06 Å². The van der Waals surface area contributed by atoms with Crippen LogP contribution in [0.1, 0.15) is 41.0 Å². The van der Waals surface area contributed by atoms with Gasteiger partial charge < -0.3 is 4.84 Å². The van der Waals surface area contributed by atoms with Crippen LogP contribution in [0.4, 0.5) is 0 Å². The Morgan fingerprint density at radius 3 is 2.24 bits per heavy atom. The first-order valence-corrected chi connectivity index (χ1v) is 5.73. The normalized spacial score (nSPS) is 21.3. The van der Waals surface area contributed by atoms with E-state index in [0.29, 0.717) is 5.06 Å². The van der Waals surface area contributed by atoms with E-state index in [-0.39, 0.29) is 17.8 Å². The van der Waals surface area contributed by atoms with Crippen molar-refractivity contribution in [2.45, 2.75) is 41.0 Å². The van der Waals surface area contributed by atoms with Gasteiger partial charge in [0.15, 0.2) is 0 Å². The smallest absolute Gasteiger partial charge is 0.330 e. The average Bonchev–Trinajstić information content (AvgIpc) is 2.44. The van der Waals surface area contributed by atoms with E-state index in [9.17, 15) is 14.4 Å². The summed E-state index contributed by atoms with van der Waals surface area (Å²) in [5.74, 6) is -2.22. The first-order chi connectivity index (χ1) is 7.64. The Balaban J connectivity index is 2.80. The maximum absolute atomic E-state index is 11.9. The van der Waals surface area contributed by atoms with E-state index in [0.717, 1.165) is 0 Å². The van der Waals surface area contributed by atoms with Crippen LogP contribution >= 0.6 is 0 Å². The summed E-state index contributed by atoms with van der Waals surface area (Å²) in [5.41, 5.74) is -0.314. The van der Waals surface area contributed by atoms with Crippen molar-refractivity contribution in [1.29, 1.82) is 0 Å². The summed E-state index contributed by atoms with van der Waals surface area (Å²) in [5, 5.41) is 0.623. The molecule has 0 radical (unpaired) electrons. The molecule has 0 bridgehead atoms. The zero-order valence-corrected chi connectivity index (χ0v) is 10.9. The molecule has 96 valence electrons. The standard InChI is InChI=1S/C12H19NO4/c1-7(2)11(16)17-13-9(14)6-8(10(13)15)12(3,4)5/h7-8H,6H2,1-5H3. The number of hydroxylamine groups is 2. The number of carbonyl (C=O) groups is 3. The maximum atomic E-state index is 11.9. The molecule has 5 heteroatoms. The van der Waals surface area contributed by atoms with Gasteiger partial charge >= 0.3 is 5.97 Å². The third-order valence-electron chi connectivity index (χ3n) is 2.80. The zero-order chi connectivity index (χ0) is 13.4. The van der Waals surface area contributed by atoms with Crippen LogP contribution < -0.4 is 0 Å². The van der Waals surface area contributed by atoms with Gasteiger partial charge in [-0.1, -0.05) is 34.6 Å². The fraction of sp³-hybridized carbons (Fsp3) is 0.750. The fourth-order valence-corrected chi connectivity index (χ4v) is 1.58. The Bertz CT molecular complexity index is 354. The van der Waals surface area contributed by atoms with Gasteiger partial charge in [0.05, 0.1) is 11.8 Å². The van der Waals surface area contributed by atoms with E-state index >= 15 is 0 Å². The number of carbonyl (C=O) groups excluding carboxylic acids is 3. The van der Waals surface area contributed by atoms with Crippen molar-refractivity contribution < 1.29 is 19.2 Å². The summed E-state index contributed by atoms with van der Waals surface area (Å²) in [7, 11) is 0. The Kier molecular flexibility index (Phi) is 3.59. The van der Waals surface area contributed by atoms with Crippen LogP contribution in [-0.4, -0.2) is 22.8 Å². The lowest BCUT2D eigenvalue weighted by Gasteiger charge is -2.24. The van der Waals surface area contributed by atoms with Crippen molar-refractivity contribution in [3.05, 3.63) is 0 Å². The van der Waals surface area contributed by atoms with E-state index in [2.05, 4.69) is 0 Å². The largest absolute Gasteiger partial charge is 0.335 e. The molecule has 1 heterocycles. The van der Waals surface area contributed by atoms with Crippen LogP contribution in [0.15, 0.2) is 0 Å². The van der Waals surface area contributed by atoms with Crippen molar-refractivity contribution in [2.75, 3.05) is 0 Å². The monoisotopic (exact) mass is 241 g/mol. The lowest BCUT2D eigenvalue weighted by Crippen LogP contribution is -2.36. The Morgan fingerprint density at radius 1 is 1.35 bits per heavy atom. The third-order valence-corrected chi connectivity index (χ3v) is 2.80. The SMILES string of the molecule is CC(C)C(=O)ON1C(=O)CC(C(C)(C)C)C1=O. The van der Waals surface area contributed by atoms with Crippen molar-refractivity contribution in [2.24, 2.45) is 17.3 Å². The zero-order valence-electron chi connectivity index (χ0n) is 10.9. The number of imide groups is 1. The molecule has 1 saturated heterocycles. The lowest BCUT2D eigenvalue weighted by atomic mass is 9.80. The highest BCUT2D eigenvalue weighted by Crippen LogP contribution is 2.35. The van der Waals surface area contributed by atoms with Crippen LogP contribution in [0.5, 0.6) is 0 Å². The van der Waals surface area contributed by atoms with E-state index in [1.54, 1.807) is 13.8 Å². The molecule has 0 aromatic rings. The van der Waals surface area contributed by atoms with Crippen LogP contribution in [0, 0.1) is 17.3 Å². The van der Waals surface area contributed by atoms with Gasteiger partial charge in [-0.05, 0) is 5.41 Å². The number of hydrogen-bond acceptors (Lipinski definition) is 4. The van der Waals surface area contributed by atoms with Gasteiger partial charge in [0.2, 0.25) is 0 Å². The summed E-state index contributed by atoms with van der Waals surface area (Å²) >= 11 is 0. The van der Waals surface area contributed by atoms with Gasteiger partial charge in [0.1, 0.15) is 0 Å². The lowest BCUT2D eigenvalue weighted by molar-refractivity contribution is -0.201. The predicted octanol–water partition coefficient (Wildman–Crippen LogP) is 1.52. The second kappa shape index (κ2) is 4.47. The van der Waals surface area contributed by atoms with E-state index < -0.39 is 23.7 Å². The second-order valence-corrected chi connectivity index (χ2v) is 5.71. The van der Waals surface area contributed by atoms with Crippen molar-refractivity contribution in [3.8, 4) is 0 Å². The molecule has 2 amide bonds. The average molecular weight is 241 g/mol. The molecule has 17 heavy (non-hydrogen) atoms. The Hall–Kier alpha value is -1.39. The molecular formula is C12H19NO4. The van der Waals surface area contributed by atoms with E-state index in [4.69, 9.17) is 4.84 Å². The molecule has 1 atom stereocenters. The summed E-state index contributed by atoms with van der Waals surface area (Å²) in [6.45, 7) is 8.95. The van der Waals surface area contributed by atoms with Gasteiger partial charge in [-0.3, -0.25) is 9.59 Å². The highest BCUT2D eigenvalue weighted by Gasteiger charge is 2.47. The molecular weight excluding hydrogens is 222 g/mol. The molecule has 1 rings (SSSR count). The molecule has 0 spiro atoms. The summed E-state index contributed by atoms with van der Waals surface area (Å²) in [6, 6.07) is 0. The third kappa shape index (κ3) is 2.84. The molecule has 1 aliphatic rings. The van der Waals surface area contributed by atoms with E-state index in [1.165, 1.54) is 0 Å². The Labute approximate surface area is 101 Å². The molecule has 5 nitrogen and oxygen atoms in total. The molecule has 0 aliphatic carbocycles. The topological polar surface area (TPSA) is 63.7 Å². The molecule has 0 aromatic carbocycles. The Morgan fingerprint density at radius 2 is 1.88 bits per heavy atom. The minimum Gasteiger partial charge on any atom is -0.330 e. The van der Waals surface area contributed by atoms with Gasteiger partial charge in [-0.25, -0.2) is 4.79 Å². The minimum atomic E-state index is -0.568. The molecule has 1 unspecified atom stereocenters. The number of amides is 2. The highest BCUT2D eigenvalue weighted by atomic mass is 16.7. The number of hydrogen-bond donors (Lipinski definition) is 0. The van der Waals surface area contributed by atoms with Gasteiger partial charge in [-0.2, -0.15) is 0 Å². The molecule has 0 aromatic heterocycles. The van der Waals surface area contributed by atoms with Gasteiger partial charge in [0, 0.05) is 6.42 Å². The molecule has 1 aliphatic heterocycles. The fourth-order valence-electron chi connectivity index (χ4n) is 1.58. The molecule has 1 fully saturated rings. The second-order valence-electron chi connectivity index (χ2n) is 5.71. The first kappa shape index (κ1) is 13.7. The van der Waals surface area contributed by atoms with Crippen molar-refractivity contribution in [3.63, 3.8) is 0 Å². The molecule has 0 N–H and O–H groups in total. The summed E-state index contributed by atoms with van der Waals surface area (Å²) in [4.78, 5) is 39.8. The van der Waals surface area contributed by atoms with Crippen molar-refractivity contribution >= 4 is 17.8 Å². The summed E-state index contributed by atoms with van der Waals surface area (Å²) in [6.07, 6.45) is 0.105. The number of nitrogens with zero attached hydrogens (tertiary/aromatic N) is 1. The first-order valence-electron chi connectivity index (χ1n) is 5.73. The van der Waals surface area contributed by atoms with Crippen LogP contribution in [-0.2, 0) is 19.2 Å². The minimum absolute atomic E-state index is 0.105. The predicted molar refractivity (Wildman–Crippen MR) is 60.3 cm³/mol. The molecule has 0 saturated carbocycles. The maximum Gasteiger partial charge on any atom is 0.335 e. The van der Waals surface area contributed by atoms with Gasteiger partial charge in [-0.15, -0.1) is 5.06 Å². The van der Waals surface area contributed by atoms with E-state index in [1.807, 2.05) is 20.8 Å². The van der Waals surface area contributed by atoms with Crippen LogP contribution in [0.25, 0.3) is 0 Å².